The van der Waals surface area contributed by atoms with Crippen LogP contribution in [0.5, 0.6) is 0 Å². The van der Waals surface area contributed by atoms with Gasteiger partial charge in [-0.15, -0.1) is 0 Å². The molecule has 0 saturated carbocycles. The van der Waals surface area contributed by atoms with Gasteiger partial charge in [-0.25, -0.2) is 4.98 Å². The van der Waals surface area contributed by atoms with Crippen LogP contribution < -0.4 is 0 Å². The van der Waals surface area contributed by atoms with Crippen molar-refractivity contribution in [3.63, 3.8) is 0 Å². The number of nitro benzene ring substituents is 1. The number of rotatable bonds is 2. The normalized spacial score (nSPS) is 10.4. The second-order valence-electron chi connectivity index (χ2n) is 2.91. The Balaban J connectivity index is 2.75. The smallest absolute Gasteiger partial charge is 0.322 e. The minimum Gasteiger partial charge on any atom is -0.358 e. The highest BCUT2D eigenvalue weighted by atomic mass is 16.6. The molecular weight excluding hydrogens is 202 g/mol. The van der Waals surface area contributed by atoms with Crippen molar-refractivity contribution in [2.24, 2.45) is 0 Å². The van der Waals surface area contributed by atoms with Gasteiger partial charge in [-0.1, -0.05) is 6.07 Å². The summed E-state index contributed by atoms with van der Waals surface area (Å²) in [6.45, 7) is 0. The Labute approximate surface area is 82.6 Å². The van der Waals surface area contributed by atoms with Gasteiger partial charge in [0.05, 0.1) is 4.92 Å². The van der Waals surface area contributed by atoms with E-state index in [1.54, 1.807) is 6.07 Å². The van der Waals surface area contributed by atoms with Crippen molar-refractivity contribution >= 4 is 22.4 Å². The predicted molar refractivity (Wildman–Crippen MR) is 51.6 cm³/mol. The fraction of sp³-hybridized carbons (Fsp3) is 0. The summed E-state index contributed by atoms with van der Waals surface area (Å²) in [6, 6.07) is 5.62. The number of hydrogen-bond donors (Lipinski definition) is 1. The van der Waals surface area contributed by atoms with Crippen LogP contribution in [0.25, 0.3) is 10.9 Å². The number of nitrogens with zero attached hydrogens (tertiary/aromatic N) is 2. The molecule has 0 saturated heterocycles. The molecule has 1 aromatic carbocycles. The molecule has 76 valence electrons. The molecule has 0 aliphatic rings. The predicted octanol–water partition coefficient (Wildman–Crippen LogP) is 1.98. The molecule has 0 amide bonds. The standard InChI is InChI=1S/C8H5N3O4/c12-10(13)6-3-1-2-5-4-7(11(14)15)9-8(5)6/h1-4,9H. The van der Waals surface area contributed by atoms with Crippen LogP contribution in [-0.4, -0.2) is 14.8 Å². The summed E-state index contributed by atoms with van der Waals surface area (Å²) < 4.78 is 0. The van der Waals surface area contributed by atoms with Gasteiger partial charge in [0.2, 0.25) is 5.52 Å². The molecule has 0 aliphatic carbocycles. The molecule has 0 unspecified atom stereocenters. The Morgan fingerprint density at radius 1 is 1.13 bits per heavy atom. The molecule has 0 atom stereocenters. The van der Waals surface area contributed by atoms with E-state index in [4.69, 9.17) is 0 Å². The fourth-order valence-electron chi connectivity index (χ4n) is 1.38. The molecule has 1 N–H and O–H groups in total. The molecule has 2 rings (SSSR count). The monoisotopic (exact) mass is 207 g/mol. The second kappa shape index (κ2) is 3.05. The van der Waals surface area contributed by atoms with Gasteiger partial charge in [0.1, 0.15) is 0 Å². The number of nitro groups is 2. The zero-order chi connectivity index (χ0) is 11.0. The topological polar surface area (TPSA) is 102 Å². The molecule has 0 spiro atoms. The summed E-state index contributed by atoms with van der Waals surface area (Å²) in [6.07, 6.45) is 0. The molecule has 0 radical (unpaired) electrons. The summed E-state index contributed by atoms with van der Waals surface area (Å²) in [4.78, 5) is 22.3. The first-order chi connectivity index (χ1) is 7.09. The minimum atomic E-state index is -0.621. The highest BCUT2D eigenvalue weighted by molar-refractivity contribution is 5.89. The SMILES string of the molecule is O=[N+]([O-])c1cc2cccc([N+](=O)[O-])c2[nH]1. The lowest BCUT2D eigenvalue weighted by molar-refractivity contribution is -0.389. The van der Waals surface area contributed by atoms with Gasteiger partial charge in [0.15, 0.2) is 0 Å². The number of H-pyrrole nitrogens is 1. The van der Waals surface area contributed by atoms with Crippen LogP contribution in [0.2, 0.25) is 0 Å². The van der Waals surface area contributed by atoms with Gasteiger partial charge in [0, 0.05) is 17.5 Å². The maximum atomic E-state index is 10.6. The van der Waals surface area contributed by atoms with Gasteiger partial charge in [-0.2, -0.15) is 0 Å². The maximum absolute atomic E-state index is 10.6. The lowest BCUT2D eigenvalue weighted by Gasteiger charge is -1.89. The molecule has 0 bridgehead atoms. The number of nitrogens with one attached hydrogen (secondary N) is 1. The molecular formula is C8H5N3O4. The number of para-hydroxylation sites is 1. The molecule has 0 aliphatic heterocycles. The van der Waals surface area contributed by atoms with Crippen LogP contribution in [0, 0.1) is 20.2 Å². The third kappa shape index (κ3) is 1.39. The summed E-state index contributed by atoms with van der Waals surface area (Å²) in [5.74, 6) is -0.251. The summed E-state index contributed by atoms with van der Waals surface area (Å²) in [5, 5.41) is 21.5. The van der Waals surface area contributed by atoms with E-state index in [-0.39, 0.29) is 17.0 Å². The van der Waals surface area contributed by atoms with E-state index in [9.17, 15) is 20.2 Å². The van der Waals surface area contributed by atoms with Gasteiger partial charge < -0.3 is 10.1 Å². The van der Waals surface area contributed by atoms with E-state index in [1.165, 1.54) is 18.2 Å². The van der Waals surface area contributed by atoms with Crippen molar-refractivity contribution < 1.29 is 9.85 Å². The summed E-state index contributed by atoms with van der Waals surface area (Å²) in [7, 11) is 0. The van der Waals surface area contributed by atoms with Gasteiger partial charge in [-0.3, -0.25) is 10.1 Å². The van der Waals surface area contributed by atoms with Gasteiger partial charge >= 0.3 is 11.5 Å². The van der Waals surface area contributed by atoms with Gasteiger partial charge in [0.25, 0.3) is 0 Å². The van der Waals surface area contributed by atoms with Gasteiger partial charge in [-0.05, 0) is 11.0 Å². The number of hydrogen-bond acceptors (Lipinski definition) is 4. The highest BCUT2D eigenvalue weighted by Crippen LogP contribution is 2.27. The average Bonchev–Trinajstić information content (AvgIpc) is 2.60. The van der Waals surface area contributed by atoms with Crippen LogP contribution >= 0.6 is 0 Å². The van der Waals surface area contributed by atoms with E-state index < -0.39 is 9.85 Å². The Morgan fingerprint density at radius 2 is 1.87 bits per heavy atom. The van der Waals surface area contributed by atoms with Crippen LogP contribution in [0.4, 0.5) is 11.5 Å². The Hall–Kier alpha value is -2.44. The fourth-order valence-corrected chi connectivity index (χ4v) is 1.38. The molecule has 7 nitrogen and oxygen atoms in total. The maximum Gasteiger partial charge on any atom is 0.322 e. The van der Waals surface area contributed by atoms with Crippen molar-refractivity contribution in [3.05, 3.63) is 44.5 Å². The van der Waals surface area contributed by atoms with E-state index in [0.29, 0.717) is 5.39 Å². The van der Waals surface area contributed by atoms with Crippen molar-refractivity contribution in [2.45, 2.75) is 0 Å². The minimum absolute atomic E-state index is 0.166. The first kappa shape index (κ1) is 9.13. The first-order valence-electron chi connectivity index (χ1n) is 4.00. The summed E-state index contributed by atoms with van der Waals surface area (Å²) in [5.41, 5.74) is 0.00907. The number of fused-ring (bicyclic) bond motifs is 1. The van der Waals surface area contributed by atoms with Crippen molar-refractivity contribution in [2.75, 3.05) is 0 Å². The number of non-ortho nitro benzene ring substituents is 1. The second-order valence-corrected chi connectivity index (χ2v) is 2.91. The van der Waals surface area contributed by atoms with Crippen molar-refractivity contribution in [1.29, 1.82) is 0 Å². The molecule has 1 heterocycles. The largest absolute Gasteiger partial charge is 0.358 e. The molecule has 0 fully saturated rings. The third-order valence-electron chi connectivity index (χ3n) is 2.01. The molecule has 2 aromatic rings. The Morgan fingerprint density at radius 3 is 2.47 bits per heavy atom. The van der Waals surface area contributed by atoms with E-state index in [0.717, 1.165) is 0 Å². The molecule has 15 heavy (non-hydrogen) atoms. The van der Waals surface area contributed by atoms with Crippen LogP contribution in [0.1, 0.15) is 0 Å². The lowest BCUT2D eigenvalue weighted by atomic mass is 10.2. The summed E-state index contributed by atoms with van der Waals surface area (Å²) >= 11 is 0. The number of aromatic nitrogens is 1. The Bertz CT molecular complexity index is 560. The third-order valence-corrected chi connectivity index (χ3v) is 2.01. The number of benzene rings is 1. The van der Waals surface area contributed by atoms with Crippen molar-refractivity contribution in [1.82, 2.24) is 4.98 Å². The zero-order valence-electron chi connectivity index (χ0n) is 7.34. The lowest BCUT2D eigenvalue weighted by Crippen LogP contribution is -1.89. The average molecular weight is 207 g/mol. The Kier molecular flexibility index (Phi) is 1.86. The molecule has 1 aromatic heterocycles. The van der Waals surface area contributed by atoms with E-state index in [2.05, 4.69) is 4.98 Å². The van der Waals surface area contributed by atoms with E-state index in [1.807, 2.05) is 0 Å². The van der Waals surface area contributed by atoms with Crippen LogP contribution in [0.3, 0.4) is 0 Å². The van der Waals surface area contributed by atoms with Crippen LogP contribution in [-0.2, 0) is 0 Å². The van der Waals surface area contributed by atoms with Crippen LogP contribution in [0.15, 0.2) is 24.3 Å². The first-order valence-corrected chi connectivity index (χ1v) is 4.00. The highest BCUT2D eigenvalue weighted by Gasteiger charge is 2.19. The number of aromatic amines is 1. The molecule has 7 heteroatoms. The zero-order valence-corrected chi connectivity index (χ0v) is 7.34. The quantitative estimate of drug-likeness (QED) is 0.600. The van der Waals surface area contributed by atoms with Crippen molar-refractivity contribution in [3.8, 4) is 0 Å². The van der Waals surface area contributed by atoms with E-state index >= 15 is 0 Å².